The summed E-state index contributed by atoms with van der Waals surface area (Å²) in [6.07, 6.45) is 3.41. The summed E-state index contributed by atoms with van der Waals surface area (Å²) in [6.45, 7) is 3.99. The third-order valence-corrected chi connectivity index (χ3v) is 2.95. The zero-order valence-electron chi connectivity index (χ0n) is 12.3. The number of nitrogens with one attached hydrogen (secondary N) is 2. The highest BCUT2D eigenvalue weighted by atomic mass is 16.5. The van der Waals surface area contributed by atoms with Gasteiger partial charge in [0.25, 0.3) is 5.91 Å². The Labute approximate surface area is 124 Å². The predicted octanol–water partition coefficient (Wildman–Crippen LogP) is 2.21. The molecule has 1 aromatic carbocycles. The molecule has 0 aliphatic heterocycles. The summed E-state index contributed by atoms with van der Waals surface area (Å²) in [7, 11) is 1.64. The summed E-state index contributed by atoms with van der Waals surface area (Å²) in [5, 5.41) is 10.2. The molecule has 1 aromatic heterocycles. The lowest BCUT2D eigenvalue weighted by atomic mass is 10.1. The minimum absolute atomic E-state index is 0.155. The van der Waals surface area contributed by atoms with Crippen LogP contribution < -0.4 is 10.6 Å². The Morgan fingerprint density at radius 3 is 2.95 bits per heavy atom. The molecule has 0 aliphatic rings. The fraction of sp³-hybridized carbons (Fsp3) is 0.333. The number of para-hydroxylation sites is 1. The van der Waals surface area contributed by atoms with Gasteiger partial charge in [0, 0.05) is 25.5 Å². The Balaban J connectivity index is 2.05. The quantitative estimate of drug-likeness (QED) is 0.819. The van der Waals surface area contributed by atoms with Gasteiger partial charge in [-0.1, -0.05) is 12.1 Å². The molecule has 1 amide bonds. The smallest absolute Gasteiger partial charge is 0.257 e. The highest BCUT2D eigenvalue weighted by Crippen LogP contribution is 2.17. The van der Waals surface area contributed by atoms with Crippen LogP contribution in [0.2, 0.25) is 0 Å². The third kappa shape index (κ3) is 4.06. The van der Waals surface area contributed by atoms with E-state index < -0.39 is 0 Å². The van der Waals surface area contributed by atoms with Gasteiger partial charge in [0.2, 0.25) is 0 Å². The van der Waals surface area contributed by atoms with Gasteiger partial charge in [-0.25, -0.2) is 0 Å². The zero-order valence-corrected chi connectivity index (χ0v) is 12.3. The number of benzene rings is 1. The number of carbonyl (C=O) groups is 1. The van der Waals surface area contributed by atoms with Crippen molar-refractivity contribution in [2.75, 3.05) is 30.9 Å². The first kappa shape index (κ1) is 15.1. The molecule has 0 atom stereocenters. The van der Waals surface area contributed by atoms with Crippen molar-refractivity contribution in [1.82, 2.24) is 9.78 Å². The van der Waals surface area contributed by atoms with Crippen molar-refractivity contribution >= 4 is 17.3 Å². The lowest BCUT2D eigenvalue weighted by Crippen LogP contribution is -2.14. The third-order valence-electron chi connectivity index (χ3n) is 2.95. The molecule has 112 valence electrons. The van der Waals surface area contributed by atoms with E-state index in [4.69, 9.17) is 4.74 Å². The number of carbonyl (C=O) groups excluding carboxylic acids is 1. The lowest BCUT2D eigenvalue weighted by molar-refractivity contribution is 0.102. The Morgan fingerprint density at radius 1 is 1.38 bits per heavy atom. The second kappa shape index (κ2) is 7.44. The normalized spacial score (nSPS) is 10.4. The first-order valence-electron chi connectivity index (χ1n) is 6.90. The van der Waals surface area contributed by atoms with E-state index in [0.717, 1.165) is 12.2 Å². The highest BCUT2D eigenvalue weighted by Gasteiger charge is 2.11. The maximum Gasteiger partial charge on any atom is 0.257 e. The number of hydrogen-bond donors (Lipinski definition) is 2. The summed E-state index contributed by atoms with van der Waals surface area (Å²) in [5.74, 6) is -0.155. The summed E-state index contributed by atoms with van der Waals surface area (Å²) < 4.78 is 6.72. The Bertz CT molecular complexity index is 595. The van der Waals surface area contributed by atoms with Crippen molar-refractivity contribution in [3.8, 4) is 0 Å². The van der Waals surface area contributed by atoms with Gasteiger partial charge in [-0.2, -0.15) is 5.10 Å². The molecule has 0 fully saturated rings. The Hall–Kier alpha value is -2.34. The van der Waals surface area contributed by atoms with Gasteiger partial charge in [-0.3, -0.25) is 9.48 Å². The molecule has 6 heteroatoms. The minimum Gasteiger partial charge on any atom is -0.385 e. The molecule has 6 nitrogen and oxygen atoms in total. The van der Waals surface area contributed by atoms with Crippen LogP contribution in [0.4, 0.5) is 11.4 Å². The van der Waals surface area contributed by atoms with E-state index in [-0.39, 0.29) is 5.91 Å². The number of anilines is 2. The van der Waals surface area contributed by atoms with Crippen LogP contribution in [0.3, 0.4) is 0 Å². The average Bonchev–Trinajstić information content (AvgIpc) is 2.93. The molecule has 0 bridgehead atoms. The van der Waals surface area contributed by atoms with Crippen LogP contribution >= 0.6 is 0 Å². The van der Waals surface area contributed by atoms with Gasteiger partial charge >= 0.3 is 0 Å². The minimum atomic E-state index is -0.155. The molecule has 2 rings (SSSR count). The first-order chi connectivity index (χ1) is 10.2. The maximum atomic E-state index is 12.3. The van der Waals surface area contributed by atoms with Gasteiger partial charge in [0.05, 0.1) is 30.6 Å². The van der Waals surface area contributed by atoms with Gasteiger partial charge in [-0.15, -0.1) is 0 Å². The molecule has 21 heavy (non-hydrogen) atoms. The van der Waals surface area contributed by atoms with Gasteiger partial charge in [0.1, 0.15) is 0 Å². The largest absolute Gasteiger partial charge is 0.385 e. The average molecular weight is 288 g/mol. The van der Waals surface area contributed by atoms with E-state index in [1.807, 2.05) is 25.1 Å². The number of amides is 1. The first-order valence-corrected chi connectivity index (χ1v) is 6.90. The topological polar surface area (TPSA) is 68.2 Å². The molecule has 0 saturated carbocycles. The van der Waals surface area contributed by atoms with Crippen molar-refractivity contribution in [2.24, 2.45) is 0 Å². The summed E-state index contributed by atoms with van der Waals surface area (Å²) >= 11 is 0. The fourth-order valence-electron chi connectivity index (χ4n) is 1.96. The zero-order chi connectivity index (χ0) is 15.1. The number of rotatable bonds is 7. The van der Waals surface area contributed by atoms with E-state index >= 15 is 0 Å². The van der Waals surface area contributed by atoms with E-state index in [1.54, 1.807) is 30.3 Å². The maximum absolute atomic E-state index is 12.3. The van der Waals surface area contributed by atoms with Crippen molar-refractivity contribution in [1.29, 1.82) is 0 Å². The van der Waals surface area contributed by atoms with Gasteiger partial charge < -0.3 is 15.4 Å². The van der Waals surface area contributed by atoms with Crippen LogP contribution in [0.15, 0.2) is 36.7 Å². The van der Waals surface area contributed by atoms with Crippen LogP contribution in [0.5, 0.6) is 0 Å². The van der Waals surface area contributed by atoms with Crippen LogP contribution in [0, 0.1) is 0 Å². The molecule has 2 N–H and O–H groups in total. The van der Waals surface area contributed by atoms with Crippen LogP contribution in [0.25, 0.3) is 0 Å². The second-order valence-electron chi connectivity index (χ2n) is 4.51. The SMILES string of the molecule is CCNc1ccccc1C(=O)Nc1cnn(CCOC)c1. The van der Waals surface area contributed by atoms with Crippen molar-refractivity contribution < 1.29 is 9.53 Å². The second-order valence-corrected chi connectivity index (χ2v) is 4.51. The Morgan fingerprint density at radius 2 is 2.19 bits per heavy atom. The standard InChI is InChI=1S/C15H20N4O2/c1-3-16-14-7-5-4-6-13(14)15(20)18-12-10-17-19(11-12)8-9-21-2/h4-7,10-11,16H,3,8-9H2,1-2H3,(H,18,20). The number of hydrogen-bond acceptors (Lipinski definition) is 4. The molecule has 0 radical (unpaired) electrons. The molecular formula is C15H20N4O2. The predicted molar refractivity (Wildman–Crippen MR) is 82.7 cm³/mol. The van der Waals surface area contributed by atoms with Crippen molar-refractivity contribution in [2.45, 2.75) is 13.5 Å². The molecule has 2 aromatic rings. The van der Waals surface area contributed by atoms with Crippen LogP contribution in [-0.2, 0) is 11.3 Å². The molecule has 0 unspecified atom stereocenters. The molecular weight excluding hydrogens is 268 g/mol. The number of methoxy groups -OCH3 is 1. The van der Waals surface area contributed by atoms with E-state index in [1.165, 1.54) is 0 Å². The number of ether oxygens (including phenoxy) is 1. The van der Waals surface area contributed by atoms with E-state index in [2.05, 4.69) is 15.7 Å². The molecule has 0 saturated heterocycles. The molecule has 1 heterocycles. The van der Waals surface area contributed by atoms with Gasteiger partial charge in [-0.05, 0) is 19.1 Å². The molecule has 0 spiro atoms. The summed E-state index contributed by atoms with van der Waals surface area (Å²) in [6, 6.07) is 7.43. The van der Waals surface area contributed by atoms with Crippen LogP contribution in [0.1, 0.15) is 17.3 Å². The van der Waals surface area contributed by atoms with E-state index in [9.17, 15) is 4.79 Å². The Kier molecular flexibility index (Phi) is 5.34. The highest BCUT2D eigenvalue weighted by molar-refractivity contribution is 6.07. The summed E-state index contributed by atoms with van der Waals surface area (Å²) in [4.78, 5) is 12.3. The van der Waals surface area contributed by atoms with Crippen LogP contribution in [-0.4, -0.2) is 35.9 Å². The number of aromatic nitrogens is 2. The van der Waals surface area contributed by atoms with Gasteiger partial charge in [0.15, 0.2) is 0 Å². The number of nitrogens with zero attached hydrogens (tertiary/aromatic N) is 2. The monoisotopic (exact) mass is 288 g/mol. The van der Waals surface area contributed by atoms with E-state index in [0.29, 0.717) is 24.4 Å². The fourth-order valence-corrected chi connectivity index (χ4v) is 1.96. The van der Waals surface area contributed by atoms with Crippen molar-refractivity contribution in [3.05, 3.63) is 42.2 Å². The lowest BCUT2D eigenvalue weighted by Gasteiger charge is -2.09. The molecule has 0 aliphatic carbocycles. The summed E-state index contributed by atoms with van der Waals surface area (Å²) in [5.41, 5.74) is 2.11. The van der Waals surface area contributed by atoms with Crippen molar-refractivity contribution in [3.63, 3.8) is 0 Å².